The van der Waals surface area contributed by atoms with Gasteiger partial charge < -0.3 is 19.9 Å². The number of aryl methyl sites for hydroxylation is 1. The van der Waals surface area contributed by atoms with E-state index in [9.17, 15) is 4.79 Å². The van der Waals surface area contributed by atoms with Crippen LogP contribution in [0, 0.1) is 6.92 Å². The Labute approximate surface area is 160 Å². The maximum absolute atomic E-state index is 12.2. The first-order valence-electron chi connectivity index (χ1n) is 9.33. The second kappa shape index (κ2) is 9.32. The molecule has 7 heteroatoms. The van der Waals surface area contributed by atoms with Crippen LogP contribution in [0.3, 0.4) is 0 Å². The number of piperazine rings is 1. The molecule has 27 heavy (non-hydrogen) atoms. The third kappa shape index (κ3) is 5.17. The van der Waals surface area contributed by atoms with Crippen molar-refractivity contribution in [3.8, 4) is 0 Å². The fourth-order valence-electron chi connectivity index (χ4n) is 3.17. The van der Waals surface area contributed by atoms with E-state index >= 15 is 0 Å². The Kier molecular flexibility index (Phi) is 6.59. The predicted molar refractivity (Wildman–Crippen MR) is 106 cm³/mol. The molecule has 0 bridgehead atoms. The molecule has 1 aromatic heterocycles. The summed E-state index contributed by atoms with van der Waals surface area (Å²) in [6.45, 7) is 6.88. The van der Waals surface area contributed by atoms with Gasteiger partial charge in [-0.2, -0.15) is 0 Å². The van der Waals surface area contributed by atoms with E-state index in [0.717, 1.165) is 38.4 Å². The minimum Gasteiger partial charge on any atom is -0.385 e. The van der Waals surface area contributed by atoms with Crippen molar-refractivity contribution in [3.05, 3.63) is 47.9 Å². The molecule has 1 aromatic carbocycles. The Balaban J connectivity index is 1.57. The van der Waals surface area contributed by atoms with Crippen molar-refractivity contribution in [1.82, 2.24) is 15.3 Å². The molecule has 2 heterocycles. The molecule has 0 unspecified atom stereocenters. The molecule has 0 saturated carbocycles. The van der Waals surface area contributed by atoms with Crippen LogP contribution in [0.5, 0.6) is 0 Å². The van der Waals surface area contributed by atoms with E-state index in [1.807, 2.05) is 0 Å². The molecule has 1 saturated heterocycles. The number of amides is 1. The van der Waals surface area contributed by atoms with Gasteiger partial charge in [0.2, 0.25) is 0 Å². The second-order valence-corrected chi connectivity index (χ2v) is 6.68. The first-order valence-corrected chi connectivity index (χ1v) is 9.33. The average molecular weight is 369 g/mol. The second-order valence-electron chi connectivity index (χ2n) is 6.68. The minimum absolute atomic E-state index is 0.173. The number of carbonyl (C=O) groups is 1. The van der Waals surface area contributed by atoms with Crippen LogP contribution in [0.2, 0.25) is 0 Å². The number of nitrogens with zero attached hydrogens (tertiary/aromatic N) is 4. The van der Waals surface area contributed by atoms with Gasteiger partial charge >= 0.3 is 0 Å². The lowest BCUT2D eigenvalue weighted by molar-refractivity contribution is 0.0943. The van der Waals surface area contributed by atoms with Crippen molar-refractivity contribution in [2.24, 2.45) is 0 Å². The van der Waals surface area contributed by atoms with Crippen molar-refractivity contribution < 1.29 is 9.53 Å². The lowest BCUT2D eigenvalue weighted by Gasteiger charge is -2.36. The number of rotatable bonds is 7. The van der Waals surface area contributed by atoms with Gasteiger partial charge in [0.15, 0.2) is 0 Å². The number of benzene rings is 1. The van der Waals surface area contributed by atoms with Gasteiger partial charge in [0.05, 0.1) is 0 Å². The van der Waals surface area contributed by atoms with Gasteiger partial charge in [-0.1, -0.05) is 12.1 Å². The van der Waals surface area contributed by atoms with E-state index < -0.39 is 0 Å². The smallest absolute Gasteiger partial charge is 0.270 e. The van der Waals surface area contributed by atoms with Gasteiger partial charge in [0, 0.05) is 58.2 Å². The zero-order valence-electron chi connectivity index (χ0n) is 16.0. The van der Waals surface area contributed by atoms with Crippen molar-refractivity contribution in [2.45, 2.75) is 13.3 Å². The Morgan fingerprint density at radius 3 is 2.67 bits per heavy atom. The van der Waals surface area contributed by atoms with Crippen LogP contribution >= 0.6 is 0 Å². The van der Waals surface area contributed by atoms with Crippen LogP contribution in [0.25, 0.3) is 0 Å². The molecule has 3 rings (SSSR count). The highest BCUT2D eigenvalue weighted by Crippen LogP contribution is 2.20. The highest BCUT2D eigenvalue weighted by atomic mass is 16.5. The molecule has 1 aliphatic heterocycles. The number of anilines is 2. The molecule has 144 valence electrons. The van der Waals surface area contributed by atoms with Crippen molar-refractivity contribution in [2.75, 3.05) is 56.2 Å². The molecule has 0 aliphatic carbocycles. The minimum atomic E-state index is -0.173. The highest BCUT2D eigenvalue weighted by molar-refractivity contribution is 5.92. The number of hydrogen-bond donors (Lipinski definition) is 1. The van der Waals surface area contributed by atoms with E-state index in [-0.39, 0.29) is 5.91 Å². The van der Waals surface area contributed by atoms with Crippen molar-refractivity contribution >= 4 is 17.4 Å². The van der Waals surface area contributed by atoms with Gasteiger partial charge in [-0.3, -0.25) is 4.79 Å². The summed E-state index contributed by atoms with van der Waals surface area (Å²) in [5, 5.41) is 2.86. The van der Waals surface area contributed by atoms with E-state index in [4.69, 9.17) is 4.74 Å². The normalized spacial score (nSPS) is 14.3. The predicted octanol–water partition coefficient (Wildman–Crippen LogP) is 1.88. The monoisotopic (exact) mass is 369 g/mol. The molecule has 0 radical (unpaired) electrons. The SMILES string of the molecule is COCCCNC(=O)c1cc(N2CCN(c3cccc(C)c3)CC2)ncn1. The summed E-state index contributed by atoms with van der Waals surface area (Å²) in [7, 11) is 1.65. The van der Waals surface area contributed by atoms with E-state index in [1.54, 1.807) is 13.2 Å². The molecule has 1 N–H and O–H groups in total. The van der Waals surface area contributed by atoms with Crippen LogP contribution in [-0.2, 0) is 4.74 Å². The maximum atomic E-state index is 12.2. The molecule has 1 aliphatic rings. The van der Waals surface area contributed by atoms with Gasteiger partial charge in [-0.05, 0) is 31.0 Å². The summed E-state index contributed by atoms with van der Waals surface area (Å²) in [6.07, 6.45) is 2.24. The lowest BCUT2D eigenvalue weighted by atomic mass is 10.2. The number of nitrogens with one attached hydrogen (secondary N) is 1. The van der Waals surface area contributed by atoms with Crippen LogP contribution in [0.4, 0.5) is 11.5 Å². The number of methoxy groups -OCH3 is 1. The molecular formula is C20H27N5O2. The van der Waals surface area contributed by atoms with Gasteiger partial charge in [0.25, 0.3) is 5.91 Å². The number of carbonyl (C=O) groups excluding carboxylic acids is 1. The number of aromatic nitrogens is 2. The van der Waals surface area contributed by atoms with Crippen LogP contribution < -0.4 is 15.1 Å². The molecular weight excluding hydrogens is 342 g/mol. The third-order valence-corrected chi connectivity index (χ3v) is 4.67. The summed E-state index contributed by atoms with van der Waals surface area (Å²) in [4.78, 5) is 25.3. The zero-order valence-corrected chi connectivity index (χ0v) is 16.0. The quantitative estimate of drug-likeness (QED) is 0.752. The number of ether oxygens (including phenoxy) is 1. The summed E-state index contributed by atoms with van der Waals surface area (Å²) in [6, 6.07) is 10.3. The van der Waals surface area contributed by atoms with Gasteiger partial charge in [0.1, 0.15) is 17.8 Å². The van der Waals surface area contributed by atoms with Gasteiger partial charge in [-0.25, -0.2) is 9.97 Å². The van der Waals surface area contributed by atoms with Crippen molar-refractivity contribution in [3.63, 3.8) is 0 Å². The van der Waals surface area contributed by atoms with E-state index in [0.29, 0.717) is 18.8 Å². The molecule has 1 amide bonds. The van der Waals surface area contributed by atoms with Crippen LogP contribution in [0.15, 0.2) is 36.7 Å². The van der Waals surface area contributed by atoms with Crippen LogP contribution in [0.1, 0.15) is 22.5 Å². The summed E-state index contributed by atoms with van der Waals surface area (Å²) < 4.78 is 4.99. The van der Waals surface area contributed by atoms with Gasteiger partial charge in [-0.15, -0.1) is 0 Å². The molecule has 1 fully saturated rings. The topological polar surface area (TPSA) is 70.6 Å². The van der Waals surface area contributed by atoms with Crippen LogP contribution in [-0.4, -0.2) is 62.3 Å². The molecule has 7 nitrogen and oxygen atoms in total. The molecule has 0 atom stereocenters. The summed E-state index contributed by atoms with van der Waals surface area (Å²) in [5.74, 6) is 0.629. The van der Waals surface area contributed by atoms with Crippen molar-refractivity contribution in [1.29, 1.82) is 0 Å². The lowest BCUT2D eigenvalue weighted by Crippen LogP contribution is -2.47. The fraction of sp³-hybridized carbons (Fsp3) is 0.450. The average Bonchev–Trinajstić information content (AvgIpc) is 2.71. The first-order chi connectivity index (χ1) is 13.2. The Morgan fingerprint density at radius 1 is 1.15 bits per heavy atom. The largest absolute Gasteiger partial charge is 0.385 e. The third-order valence-electron chi connectivity index (χ3n) is 4.67. The Morgan fingerprint density at radius 2 is 1.93 bits per heavy atom. The van der Waals surface area contributed by atoms with E-state index in [2.05, 4.69) is 56.3 Å². The molecule has 2 aromatic rings. The highest BCUT2D eigenvalue weighted by Gasteiger charge is 2.19. The van der Waals surface area contributed by atoms with E-state index in [1.165, 1.54) is 17.6 Å². The number of hydrogen-bond acceptors (Lipinski definition) is 6. The first kappa shape index (κ1) is 19.1. The fourth-order valence-corrected chi connectivity index (χ4v) is 3.17. The Hall–Kier alpha value is -2.67. The summed E-state index contributed by atoms with van der Waals surface area (Å²) >= 11 is 0. The standard InChI is InChI=1S/C20H27N5O2/c1-16-5-3-6-17(13-16)24-8-10-25(11-9-24)19-14-18(22-15-23-19)20(26)21-7-4-12-27-2/h3,5-6,13-15H,4,7-12H2,1-2H3,(H,21,26). The Bertz CT molecular complexity index is 760. The zero-order chi connectivity index (χ0) is 19.1. The maximum Gasteiger partial charge on any atom is 0.270 e. The molecule has 0 spiro atoms. The summed E-state index contributed by atoms with van der Waals surface area (Å²) in [5.41, 5.74) is 2.93.